The molecule has 192 valence electrons. The monoisotopic (exact) mass is 503 g/mol. The molecule has 1 aliphatic carbocycles. The van der Waals surface area contributed by atoms with E-state index in [-0.39, 0.29) is 29.3 Å². The number of carbonyl (C=O) groups is 1. The van der Waals surface area contributed by atoms with E-state index in [1.807, 2.05) is 24.3 Å². The first kappa shape index (κ1) is 23.6. The third-order valence-electron chi connectivity index (χ3n) is 7.38. The van der Waals surface area contributed by atoms with E-state index in [0.29, 0.717) is 49.8 Å². The van der Waals surface area contributed by atoms with Crippen molar-refractivity contribution in [2.24, 2.45) is 12.8 Å². The first-order chi connectivity index (χ1) is 17.8. The molecule has 2 aliphatic rings. The van der Waals surface area contributed by atoms with Crippen LogP contribution < -0.4 is 11.3 Å². The van der Waals surface area contributed by atoms with Crippen LogP contribution in [0.3, 0.4) is 0 Å². The van der Waals surface area contributed by atoms with E-state index in [1.54, 1.807) is 16.6 Å². The lowest BCUT2D eigenvalue weighted by atomic mass is 9.91. The summed E-state index contributed by atoms with van der Waals surface area (Å²) in [6.07, 6.45) is 5.71. The zero-order valence-electron chi connectivity index (χ0n) is 20.6. The zero-order chi connectivity index (χ0) is 25.7. The van der Waals surface area contributed by atoms with Gasteiger partial charge in [0.25, 0.3) is 11.5 Å². The molecule has 0 spiro atoms. The van der Waals surface area contributed by atoms with Gasteiger partial charge in [0.15, 0.2) is 11.4 Å². The van der Waals surface area contributed by atoms with Gasteiger partial charge in [-0.15, -0.1) is 0 Å². The summed E-state index contributed by atoms with van der Waals surface area (Å²) in [6.45, 7) is 1.23. The molecule has 37 heavy (non-hydrogen) atoms. The van der Waals surface area contributed by atoms with Crippen LogP contribution in [0.2, 0.25) is 0 Å². The van der Waals surface area contributed by atoms with E-state index in [9.17, 15) is 14.7 Å². The van der Waals surface area contributed by atoms with Crippen LogP contribution in [0.25, 0.3) is 22.3 Å². The van der Waals surface area contributed by atoms with Crippen LogP contribution in [0.5, 0.6) is 0 Å². The Morgan fingerprint density at radius 2 is 1.89 bits per heavy atom. The maximum atomic E-state index is 13.3. The van der Waals surface area contributed by atoms with Crippen molar-refractivity contribution in [1.82, 2.24) is 29.2 Å². The Bertz CT molecular complexity index is 1520. The van der Waals surface area contributed by atoms with Crippen molar-refractivity contribution in [2.75, 3.05) is 13.1 Å². The Morgan fingerprint density at radius 1 is 1.16 bits per heavy atom. The number of amides is 1. The lowest BCUT2D eigenvalue weighted by molar-refractivity contribution is -0.0304. The summed E-state index contributed by atoms with van der Waals surface area (Å²) in [7, 11) is 1.78. The number of likely N-dealkylation sites (tertiary alicyclic amines) is 1. The summed E-state index contributed by atoms with van der Waals surface area (Å²) in [5.41, 5.74) is 7.64. The van der Waals surface area contributed by atoms with Gasteiger partial charge < -0.3 is 20.2 Å². The number of rotatable bonds is 6. The number of benzene rings is 1. The quantitative estimate of drug-likeness (QED) is 0.405. The second-order valence-electron chi connectivity index (χ2n) is 10.1. The molecule has 0 atom stereocenters. The molecule has 1 aliphatic heterocycles. The van der Waals surface area contributed by atoms with Crippen molar-refractivity contribution in [3.05, 3.63) is 64.4 Å². The minimum Gasteiger partial charge on any atom is -0.435 e. The van der Waals surface area contributed by atoms with Gasteiger partial charge in [-0.05, 0) is 31.2 Å². The maximum absolute atomic E-state index is 13.3. The smallest absolute Gasteiger partial charge is 0.291 e. The van der Waals surface area contributed by atoms with Crippen molar-refractivity contribution in [3.63, 3.8) is 0 Å². The summed E-state index contributed by atoms with van der Waals surface area (Å²) in [5, 5.41) is 15.7. The van der Waals surface area contributed by atoms with Crippen LogP contribution >= 0.6 is 0 Å². The number of aryl methyl sites for hydroxylation is 1. The van der Waals surface area contributed by atoms with Gasteiger partial charge in [0.1, 0.15) is 5.52 Å². The lowest BCUT2D eigenvalue weighted by Crippen LogP contribution is -2.49. The van der Waals surface area contributed by atoms with Gasteiger partial charge in [0.05, 0.1) is 30.4 Å². The maximum Gasteiger partial charge on any atom is 0.291 e. The highest BCUT2D eigenvalue weighted by atomic mass is 16.4. The molecule has 1 amide bonds. The average Bonchev–Trinajstić information content (AvgIpc) is 3.53. The highest BCUT2D eigenvalue weighted by Gasteiger charge is 2.37. The molecule has 0 unspecified atom stereocenters. The molecule has 6 rings (SSSR count). The van der Waals surface area contributed by atoms with Gasteiger partial charge >= 0.3 is 0 Å². The first-order valence-corrected chi connectivity index (χ1v) is 12.5. The Hall–Kier alpha value is -3.83. The minimum atomic E-state index is -1.15. The number of piperidine rings is 1. The number of hydrogen-bond acceptors (Lipinski definition) is 8. The van der Waals surface area contributed by atoms with Crippen LogP contribution in [0.15, 0.2) is 46.0 Å². The van der Waals surface area contributed by atoms with E-state index in [0.717, 1.165) is 29.7 Å². The fourth-order valence-electron chi connectivity index (χ4n) is 4.99. The normalized spacial score (nSPS) is 17.4. The second kappa shape index (κ2) is 8.93. The molecule has 2 fully saturated rings. The van der Waals surface area contributed by atoms with E-state index in [1.165, 1.54) is 17.1 Å². The Labute approximate surface area is 212 Å². The molecule has 11 heteroatoms. The van der Waals surface area contributed by atoms with Gasteiger partial charge in [-0.1, -0.05) is 24.3 Å². The number of aromatic nitrogens is 5. The summed E-state index contributed by atoms with van der Waals surface area (Å²) in [5.74, 6) is 0.984. The van der Waals surface area contributed by atoms with Gasteiger partial charge in [0.2, 0.25) is 5.76 Å². The summed E-state index contributed by atoms with van der Waals surface area (Å²) < 4.78 is 8.71. The fraction of sp³-hybridized carbons (Fsp3) is 0.423. The first-order valence-electron chi connectivity index (χ1n) is 12.5. The number of nitrogens with zero attached hydrogens (tertiary/aromatic N) is 6. The molecule has 3 aromatic heterocycles. The molecule has 1 saturated heterocycles. The summed E-state index contributed by atoms with van der Waals surface area (Å²) >= 11 is 0. The van der Waals surface area contributed by atoms with Gasteiger partial charge in [-0.3, -0.25) is 18.8 Å². The van der Waals surface area contributed by atoms with E-state index in [4.69, 9.17) is 10.2 Å². The number of hydrogen-bond donors (Lipinski definition) is 2. The molecular formula is C26H29N7O4. The summed E-state index contributed by atoms with van der Waals surface area (Å²) in [4.78, 5) is 36.6. The Balaban J connectivity index is 1.18. The van der Waals surface area contributed by atoms with Crippen molar-refractivity contribution in [1.29, 1.82) is 0 Å². The molecule has 11 nitrogen and oxygen atoms in total. The molecule has 1 aromatic carbocycles. The minimum absolute atomic E-state index is 0.0715. The number of oxazole rings is 1. The van der Waals surface area contributed by atoms with Crippen LogP contribution in [-0.2, 0) is 20.1 Å². The van der Waals surface area contributed by atoms with Crippen LogP contribution in [0.4, 0.5) is 0 Å². The van der Waals surface area contributed by atoms with Gasteiger partial charge in [-0.2, -0.15) is 5.10 Å². The van der Waals surface area contributed by atoms with Crippen LogP contribution in [-0.4, -0.2) is 58.9 Å². The topological polar surface area (TPSA) is 145 Å². The van der Waals surface area contributed by atoms with E-state index >= 15 is 0 Å². The fourth-order valence-corrected chi connectivity index (χ4v) is 4.99. The molecule has 4 heterocycles. The standard InChI is InChI=1S/C26H29N7O4/c1-31-22(17-4-2-16(12-27)3-5-17)20-21(30-31)25(35)33(15-29-20)14-26(36)8-10-32(11-9-26)24(34)19-13-28-23(37-19)18-6-7-18/h2-5,13,15,18,36H,6-12,14,27H2,1H3. The van der Waals surface area contributed by atoms with Crippen molar-refractivity contribution < 1.29 is 14.3 Å². The third-order valence-corrected chi connectivity index (χ3v) is 7.38. The number of aliphatic hydroxyl groups is 1. The lowest BCUT2D eigenvalue weighted by Gasteiger charge is -2.38. The number of carbonyl (C=O) groups excluding carboxylic acids is 1. The molecule has 4 aromatic rings. The largest absolute Gasteiger partial charge is 0.435 e. The van der Waals surface area contributed by atoms with Gasteiger partial charge in [0, 0.05) is 38.2 Å². The molecule has 3 N–H and O–H groups in total. The number of fused-ring (bicyclic) bond motifs is 1. The van der Waals surface area contributed by atoms with Crippen LogP contribution in [0.1, 0.15) is 53.6 Å². The molecule has 0 bridgehead atoms. The highest BCUT2D eigenvalue weighted by Crippen LogP contribution is 2.39. The number of nitrogens with two attached hydrogens (primary N) is 1. The van der Waals surface area contributed by atoms with Crippen molar-refractivity contribution in [3.8, 4) is 11.3 Å². The van der Waals surface area contributed by atoms with E-state index < -0.39 is 5.60 Å². The predicted octanol–water partition coefficient (Wildman–Crippen LogP) is 1.79. The SMILES string of the molecule is Cn1nc2c(=O)n(CC3(O)CCN(C(=O)c4cnc(C5CC5)o4)CC3)cnc2c1-c1ccc(CN)cc1. The Morgan fingerprint density at radius 3 is 2.57 bits per heavy atom. The van der Waals surface area contributed by atoms with Crippen molar-refractivity contribution in [2.45, 2.75) is 50.3 Å². The van der Waals surface area contributed by atoms with Crippen molar-refractivity contribution >= 4 is 16.9 Å². The van der Waals surface area contributed by atoms with Crippen LogP contribution in [0, 0.1) is 0 Å². The Kier molecular flexibility index (Phi) is 5.68. The zero-order valence-corrected chi connectivity index (χ0v) is 20.6. The summed E-state index contributed by atoms with van der Waals surface area (Å²) in [6, 6.07) is 7.76. The van der Waals surface area contributed by atoms with Gasteiger partial charge in [-0.25, -0.2) is 9.97 Å². The molecule has 0 radical (unpaired) electrons. The molecule has 1 saturated carbocycles. The second-order valence-corrected chi connectivity index (χ2v) is 10.1. The highest BCUT2D eigenvalue weighted by molar-refractivity contribution is 5.91. The molecular weight excluding hydrogens is 474 g/mol. The third kappa shape index (κ3) is 4.34. The average molecular weight is 504 g/mol. The predicted molar refractivity (Wildman–Crippen MR) is 135 cm³/mol. The van der Waals surface area contributed by atoms with E-state index in [2.05, 4.69) is 15.1 Å².